The molecule has 142 valence electrons. The van der Waals surface area contributed by atoms with Crippen LogP contribution in [0.1, 0.15) is 5.56 Å². The summed E-state index contributed by atoms with van der Waals surface area (Å²) >= 11 is 0. The molecule has 0 aromatic heterocycles. The average Bonchev–Trinajstić information content (AvgIpc) is 2.73. The fourth-order valence-electron chi connectivity index (χ4n) is 2.42. The molecule has 0 atom stereocenters. The fourth-order valence-corrected chi connectivity index (χ4v) is 2.42. The Bertz CT molecular complexity index is 943. The molecule has 0 aliphatic heterocycles. The van der Waals surface area contributed by atoms with Crippen molar-refractivity contribution in [2.75, 3.05) is 11.9 Å². The van der Waals surface area contributed by atoms with Crippen LogP contribution in [-0.2, 0) is 11.4 Å². The van der Waals surface area contributed by atoms with Gasteiger partial charge in [-0.25, -0.2) is 0 Å². The number of carbonyl (C=O) groups excluding carboxylic acids is 1. The highest BCUT2D eigenvalue weighted by Gasteiger charge is 2.09. The van der Waals surface area contributed by atoms with Gasteiger partial charge in [-0.3, -0.25) is 14.9 Å². The molecule has 7 nitrogen and oxygen atoms in total. The van der Waals surface area contributed by atoms with Crippen LogP contribution in [0, 0.1) is 10.1 Å². The SMILES string of the molecule is O=C(COc1ccccc1)Nc1ccccc1OCc1ccc([N+](=O)[O-])cc1. The Kier molecular flexibility index (Phi) is 6.20. The Labute approximate surface area is 161 Å². The van der Waals surface area contributed by atoms with E-state index in [2.05, 4.69) is 5.32 Å². The van der Waals surface area contributed by atoms with E-state index in [0.717, 1.165) is 5.56 Å². The Morgan fingerprint density at radius 2 is 1.57 bits per heavy atom. The molecule has 7 heteroatoms. The number of non-ortho nitro benzene ring substituents is 1. The van der Waals surface area contributed by atoms with E-state index in [1.54, 1.807) is 48.5 Å². The first-order valence-corrected chi connectivity index (χ1v) is 8.54. The summed E-state index contributed by atoms with van der Waals surface area (Å²) in [4.78, 5) is 22.4. The summed E-state index contributed by atoms with van der Waals surface area (Å²) < 4.78 is 11.2. The van der Waals surface area contributed by atoms with Gasteiger partial charge in [0, 0.05) is 12.1 Å². The van der Waals surface area contributed by atoms with Crippen molar-refractivity contribution < 1.29 is 19.2 Å². The number of ether oxygens (including phenoxy) is 2. The predicted molar refractivity (Wildman–Crippen MR) is 104 cm³/mol. The smallest absolute Gasteiger partial charge is 0.269 e. The molecule has 0 heterocycles. The molecule has 3 aromatic rings. The number of hydrogen-bond donors (Lipinski definition) is 1. The first-order valence-electron chi connectivity index (χ1n) is 8.54. The van der Waals surface area contributed by atoms with Gasteiger partial charge < -0.3 is 14.8 Å². The first kappa shape index (κ1) is 18.9. The average molecular weight is 378 g/mol. The van der Waals surface area contributed by atoms with Gasteiger partial charge in [0.15, 0.2) is 6.61 Å². The number of benzene rings is 3. The molecule has 1 amide bonds. The molecule has 1 N–H and O–H groups in total. The Balaban J connectivity index is 1.57. The van der Waals surface area contributed by atoms with Crippen molar-refractivity contribution >= 4 is 17.3 Å². The second-order valence-corrected chi connectivity index (χ2v) is 5.86. The third-order valence-electron chi connectivity index (χ3n) is 3.82. The molecule has 3 aromatic carbocycles. The number of rotatable bonds is 8. The summed E-state index contributed by atoms with van der Waals surface area (Å²) in [5, 5.41) is 13.5. The molecule has 3 rings (SSSR count). The third-order valence-corrected chi connectivity index (χ3v) is 3.82. The zero-order valence-corrected chi connectivity index (χ0v) is 14.9. The summed E-state index contributed by atoms with van der Waals surface area (Å²) in [6.45, 7) is 0.0894. The van der Waals surface area contributed by atoms with Gasteiger partial charge >= 0.3 is 0 Å². The summed E-state index contributed by atoms with van der Waals surface area (Å²) in [7, 11) is 0. The molecular weight excluding hydrogens is 360 g/mol. The zero-order chi connectivity index (χ0) is 19.8. The zero-order valence-electron chi connectivity index (χ0n) is 14.9. The molecular formula is C21H18N2O5. The summed E-state index contributed by atoms with van der Waals surface area (Å²) in [6.07, 6.45) is 0. The second-order valence-electron chi connectivity index (χ2n) is 5.86. The molecule has 0 unspecified atom stereocenters. The standard InChI is InChI=1S/C21H18N2O5/c24-21(15-27-18-6-2-1-3-7-18)22-19-8-4-5-9-20(19)28-14-16-10-12-17(13-11-16)23(25)26/h1-13H,14-15H2,(H,22,24). The Morgan fingerprint density at radius 3 is 2.29 bits per heavy atom. The Morgan fingerprint density at radius 1 is 0.893 bits per heavy atom. The van der Waals surface area contributed by atoms with Gasteiger partial charge in [-0.2, -0.15) is 0 Å². The number of amides is 1. The third kappa shape index (κ3) is 5.31. The molecule has 0 fully saturated rings. The lowest BCUT2D eigenvalue weighted by Crippen LogP contribution is -2.20. The lowest BCUT2D eigenvalue weighted by molar-refractivity contribution is -0.384. The van der Waals surface area contributed by atoms with Crippen LogP contribution < -0.4 is 14.8 Å². The van der Waals surface area contributed by atoms with Gasteiger partial charge in [-0.15, -0.1) is 0 Å². The number of nitrogens with zero attached hydrogens (tertiary/aromatic N) is 1. The van der Waals surface area contributed by atoms with Crippen LogP contribution in [0.5, 0.6) is 11.5 Å². The number of nitro benzene ring substituents is 1. The van der Waals surface area contributed by atoms with E-state index in [0.29, 0.717) is 17.2 Å². The lowest BCUT2D eigenvalue weighted by Gasteiger charge is -2.13. The minimum absolute atomic E-state index is 0.0230. The molecule has 0 bridgehead atoms. The maximum absolute atomic E-state index is 12.2. The number of nitro groups is 1. The van der Waals surface area contributed by atoms with Crippen molar-refractivity contribution in [1.82, 2.24) is 0 Å². The van der Waals surface area contributed by atoms with E-state index < -0.39 is 4.92 Å². The second kappa shape index (κ2) is 9.18. The van der Waals surface area contributed by atoms with Gasteiger partial charge in [0.1, 0.15) is 18.1 Å². The van der Waals surface area contributed by atoms with Crippen LogP contribution in [0.4, 0.5) is 11.4 Å². The highest BCUT2D eigenvalue weighted by molar-refractivity contribution is 5.93. The predicted octanol–water partition coefficient (Wildman–Crippen LogP) is 4.19. The van der Waals surface area contributed by atoms with Crippen molar-refractivity contribution in [3.63, 3.8) is 0 Å². The monoisotopic (exact) mass is 378 g/mol. The van der Waals surface area contributed by atoms with Crippen LogP contribution in [0.25, 0.3) is 0 Å². The van der Waals surface area contributed by atoms with Crippen LogP contribution >= 0.6 is 0 Å². The van der Waals surface area contributed by atoms with Gasteiger partial charge in [0.2, 0.25) is 0 Å². The number of nitrogens with one attached hydrogen (secondary N) is 1. The maximum atomic E-state index is 12.2. The minimum atomic E-state index is -0.451. The van der Waals surface area contributed by atoms with Crippen molar-refractivity contribution in [3.8, 4) is 11.5 Å². The lowest BCUT2D eigenvalue weighted by atomic mass is 10.2. The molecule has 0 saturated heterocycles. The number of carbonyl (C=O) groups is 1. The van der Waals surface area contributed by atoms with Crippen molar-refractivity contribution in [1.29, 1.82) is 0 Å². The van der Waals surface area contributed by atoms with Crippen LogP contribution in [-0.4, -0.2) is 17.4 Å². The van der Waals surface area contributed by atoms with Gasteiger partial charge in [-0.1, -0.05) is 30.3 Å². The minimum Gasteiger partial charge on any atom is -0.487 e. The molecule has 0 aliphatic carbocycles. The summed E-state index contributed by atoms with van der Waals surface area (Å²) in [5.74, 6) is 0.796. The van der Waals surface area contributed by atoms with Crippen LogP contribution in [0.2, 0.25) is 0 Å². The normalized spacial score (nSPS) is 10.1. The van der Waals surface area contributed by atoms with E-state index in [-0.39, 0.29) is 24.8 Å². The van der Waals surface area contributed by atoms with Crippen LogP contribution in [0.15, 0.2) is 78.9 Å². The molecule has 0 spiro atoms. The van der Waals surface area contributed by atoms with Crippen molar-refractivity contribution in [3.05, 3.63) is 94.5 Å². The number of anilines is 1. The van der Waals surface area contributed by atoms with E-state index in [1.165, 1.54) is 12.1 Å². The molecule has 0 saturated carbocycles. The molecule has 28 heavy (non-hydrogen) atoms. The van der Waals surface area contributed by atoms with Crippen molar-refractivity contribution in [2.45, 2.75) is 6.61 Å². The highest BCUT2D eigenvalue weighted by Crippen LogP contribution is 2.25. The number of hydrogen-bond acceptors (Lipinski definition) is 5. The topological polar surface area (TPSA) is 90.7 Å². The highest BCUT2D eigenvalue weighted by atomic mass is 16.6. The maximum Gasteiger partial charge on any atom is 0.269 e. The van der Waals surface area contributed by atoms with Crippen molar-refractivity contribution in [2.24, 2.45) is 0 Å². The summed E-state index contributed by atoms with van der Waals surface area (Å²) in [5.41, 5.74) is 1.32. The number of para-hydroxylation sites is 3. The summed E-state index contributed by atoms with van der Waals surface area (Å²) in [6, 6.07) is 22.2. The molecule has 0 radical (unpaired) electrons. The van der Waals surface area contributed by atoms with Crippen LogP contribution in [0.3, 0.4) is 0 Å². The molecule has 0 aliphatic rings. The van der Waals surface area contributed by atoms with E-state index >= 15 is 0 Å². The first-order chi connectivity index (χ1) is 13.6. The largest absolute Gasteiger partial charge is 0.487 e. The van der Waals surface area contributed by atoms with Gasteiger partial charge in [0.25, 0.3) is 11.6 Å². The van der Waals surface area contributed by atoms with E-state index in [9.17, 15) is 14.9 Å². The fraction of sp³-hybridized carbons (Fsp3) is 0.0952. The van der Waals surface area contributed by atoms with Gasteiger partial charge in [0.05, 0.1) is 10.6 Å². The van der Waals surface area contributed by atoms with Gasteiger partial charge in [-0.05, 0) is 42.0 Å². The Hall–Kier alpha value is -3.87. The van der Waals surface area contributed by atoms with E-state index in [4.69, 9.17) is 9.47 Å². The quantitative estimate of drug-likeness (QED) is 0.469. The van der Waals surface area contributed by atoms with E-state index in [1.807, 2.05) is 18.2 Å².